The summed E-state index contributed by atoms with van der Waals surface area (Å²) < 4.78 is 19.5. The van der Waals surface area contributed by atoms with Gasteiger partial charge in [-0.25, -0.2) is 4.39 Å². The summed E-state index contributed by atoms with van der Waals surface area (Å²) in [6.07, 6.45) is 0.127. The van der Waals surface area contributed by atoms with E-state index in [0.29, 0.717) is 5.56 Å². The third-order valence-electron chi connectivity index (χ3n) is 2.97. The summed E-state index contributed by atoms with van der Waals surface area (Å²) >= 11 is 6.37. The van der Waals surface area contributed by atoms with Crippen LogP contribution in [0, 0.1) is 12.7 Å². The van der Waals surface area contributed by atoms with E-state index in [4.69, 9.17) is 16.3 Å². The third-order valence-corrected chi connectivity index (χ3v) is 3.46. The molecule has 106 valence electrons. The van der Waals surface area contributed by atoms with Crippen LogP contribution in [0.25, 0.3) is 0 Å². The molecule has 0 aliphatic rings. The van der Waals surface area contributed by atoms with Crippen LogP contribution >= 0.6 is 11.6 Å². The van der Waals surface area contributed by atoms with Crippen LogP contribution in [0.1, 0.15) is 35.9 Å². The van der Waals surface area contributed by atoms with Crippen molar-refractivity contribution in [3.63, 3.8) is 0 Å². The van der Waals surface area contributed by atoms with Crippen LogP contribution in [0.3, 0.4) is 0 Å². The van der Waals surface area contributed by atoms with Crippen molar-refractivity contribution in [3.05, 3.63) is 65.0 Å². The van der Waals surface area contributed by atoms with Crippen molar-refractivity contribution in [1.82, 2.24) is 0 Å². The number of hydrogen-bond acceptors (Lipinski definition) is 1. The molecule has 0 N–H and O–H groups in total. The molecule has 0 heterocycles. The van der Waals surface area contributed by atoms with Crippen molar-refractivity contribution < 1.29 is 9.13 Å². The summed E-state index contributed by atoms with van der Waals surface area (Å²) in [5.74, 6) is 0.518. The van der Waals surface area contributed by atoms with Crippen molar-refractivity contribution in [2.75, 3.05) is 0 Å². The third kappa shape index (κ3) is 3.51. The second-order valence-electron chi connectivity index (χ2n) is 5.12. The molecule has 0 bridgehead atoms. The van der Waals surface area contributed by atoms with E-state index in [9.17, 15) is 4.39 Å². The van der Waals surface area contributed by atoms with Gasteiger partial charge >= 0.3 is 0 Å². The second-order valence-corrected chi connectivity index (χ2v) is 5.56. The molecule has 0 saturated heterocycles. The van der Waals surface area contributed by atoms with Crippen molar-refractivity contribution in [2.45, 2.75) is 32.3 Å². The first-order chi connectivity index (χ1) is 9.47. The van der Waals surface area contributed by atoms with Crippen LogP contribution in [0.5, 0.6) is 5.75 Å². The number of aryl methyl sites for hydroxylation is 1. The molecule has 0 aromatic heterocycles. The highest BCUT2D eigenvalue weighted by Gasteiger charge is 2.15. The molecule has 3 heteroatoms. The molecule has 0 radical (unpaired) electrons. The minimum atomic E-state index is -0.497. The van der Waals surface area contributed by atoms with Gasteiger partial charge in [0.15, 0.2) is 0 Å². The molecule has 2 rings (SSSR count). The smallest absolute Gasteiger partial charge is 0.128 e. The zero-order chi connectivity index (χ0) is 14.7. The molecule has 2 aromatic carbocycles. The van der Waals surface area contributed by atoms with Crippen LogP contribution < -0.4 is 4.74 Å². The van der Waals surface area contributed by atoms with E-state index in [1.165, 1.54) is 6.07 Å². The molecule has 0 amide bonds. The predicted octanol–water partition coefficient (Wildman–Crippen LogP) is 5.25. The Bertz CT molecular complexity index is 578. The van der Waals surface area contributed by atoms with Crippen LogP contribution in [0.2, 0.25) is 0 Å². The van der Waals surface area contributed by atoms with Crippen molar-refractivity contribution >= 4 is 11.6 Å². The fraction of sp³-hybridized carbons (Fsp3) is 0.294. The van der Waals surface area contributed by atoms with E-state index >= 15 is 0 Å². The fourth-order valence-corrected chi connectivity index (χ4v) is 2.33. The number of alkyl halides is 1. The lowest BCUT2D eigenvalue weighted by atomic mass is 10.0. The summed E-state index contributed by atoms with van der Waals surface area (Å²) in [5, 5.41) is -0.497. The van der Waals surface area contributed by atoms with Crippen LogP contribution in [0.4, 0.5) is 4.39 Å². The quantitative estimate of drug-likeness (QED) is 0.699. The summed E-state index contributed by atoms with van der Waals surface area (Å²) in [4.78, 5) is 0. The molecule has 0 spiro atoms. The van der Waals surface area contributed by atoms with Crippen molar-refractivity contribution in [2.24, 2.45) is 0 Å². The largest absolute Gasteiger partial charge is 0.491 e. The second kappa shape index (κ2) is 6.27. The van der Waals surface area contributed by atoms with Crippen molar-refractivity contribution in [1.29, 1.82) is 0 Å². The lowest BCUT2D eigenvalue weighted by molar-refractivity contribution is 0.242. The van der Waals surface area contributed by atoms with Gasteiger partial charge in [-0.05, 0) is 50.1 Å². The molecular formula is C17H18ClFO. The van der Waals surface area contributed by atoms with Crippen molar-refractivity contribution in [3.8, 4) is 5.75 Å². The zero-order valence-electron chi connectivity index (χ0n) is 11.9. The first-order valence-electron chi connectivity index (χ1n) is 6.64. The van der Waals surface area contributed by atoms with E-state index in [-0.39, 0.29) is 11.9 Å². The summed E-state index contributed by atoms with van der Waals surface area (Å²) in [6, 6.07) is 12.6. The minimum absolute atomic E-state index is 0.127. The van der Waals surface area contributed by atoms with Gasteiger partial charge in [0.05, 0.1) is 11.5 Å². The summed E-state index contributed by atoms with van der Waals surface area (Å²) in [5.41, 5.74) is 2.23. The van der Waals surface area contributed by atoms with Gasteiger partial charge in [-0.3, -0.25) is 0 Å². The van der Waals surface area contributed by atoms with Gasteiger partial charge in [0.1, 0.15) is 11.6 Å². The lowest BCUT2D eigenvalue weighted by Gasteiger charge is -2.14. The highest BCUT2D eigenvalue weighted by Crippen LogP contribution is 2.32. The Balaban J connectivity index is 2.22. The SMILES string of the molecule is Cc1ccc(C(Cl)c2ccc(OC(C)C)cc2)c(F)c1. The van der Waals surface area contributed by atoms with Gasteiger partial charge in [0.2, 0.25) is 0 Å². The number of halogens is 2. The molecule has 1 nitrogen and oxygen atoms in total. The first-order valence-corrected chi connectivity index (χ1v) is 7.07. The molecule has 0 fully saturated rings. The van der Waals surface area contributed by atoms with Gasteiger partial charge in [0, 0.05) is 5.56 Å². The Kier molecular flexibility index (Phi) is 4.66. The predicted molar refractivity (Wildman–Crippen MR) is 81.0 cm³/mol. The number of rotatable bonds is 4. The molecule has 1 atom stereocenters. The molecule has 0 aliphatic carbocycles. The van der Waals surface area contributed by atoms with Gasteiger partial charge in [0.25, 0.3) is 0 Å². The van der Waals surface area contributed by atoms with Crippen LogP contribution in [-0.4, -0.2) is 6.10 Å². The average molecular weight is 293 g/mol. The average Bonchev–Trinajstić information content (AvgIpc) is 2.38. The van der Waals surface area contributed by atoms with E-state index in [1.54, 1.807) is 6.07 Å². The molecule has 2 aromatic rings. The first kappa shape index (κ1) is 14.9. The highest BCUT2D eigenvalue weighted by molar-refractivity contribution is 6.22. The van der Waals surface area contributed by atoms with Crippen LogP contribution in [0.15, 0.2) is 42.5 Å². The molecule has 20 heavy (non-hydrogen) atoms. The van der Waals surface area contributed by atoms with Gasteiger partial charge in [-0.1, -0.05) is 24.3 Å². The highest BCUT2D eigenvalue weighted by atomic mass is 35.5. The topological polar surface area (TPSA) is 9.23 Å². The number of benzene rings is 2. The maximum Gasteiger partial charge on any atom is 0.128 e. The monoisotopic (exact) mass is 292 g/mol. The van der Waals surface area contributed by atoms with E-state index < -0.39 is 5.38 Å². The number of ether oxygens (including phenoxy) is 1. The molecule has 0 aliphatic heterocycles. The van der Waals surface area contributed by atoms with Gasteiger partial charge in [-0.2, -0.15) is 0 Å². The lowest BCUT2D eigenvalue weighted by Crippen LogP contribution is -2.05. The van der Waals surface area contributed by atoms with E-state index in [0.717, 1.165) is 16.9 Å². The maximum absolute atomic E-state index is 13.9. The Morgan fingerprint density at radius 2 is 1.70 bits per heavy atom. The van der Waals surface area contributed by atoms with Gasteiger partial charge < -0.3 is 4.74 Å². The Morgan fingerprint density at radius 1 is 1.05 bits per heavy atom. The Labute approximate surface area is 124 Å². The summed E-state index contributed by atoms with van der Waals surface area (Å²) in [7, 11) is 0. The van der Waals surface area contributed by atoms with E-state index in [1.807, 2.05) is 51.1 Å². The fourth-order valence-electron chi connectivity index (χ4n) is 2.00. The van der Waals surface area contributed by atoms with Gasteiger partial charge in [-0.15, -0.1) is 11.6 Å². The maximum atomic E-state index is 13.9. The Hall–Kier alpha value is -1.54. The van der Waals surface area contributed by atoms with Crippen LogP contribution in [-0.2, 0) is 0 Å². The Morgan fingerprint density at radius 3 is 2.25 bits per heavy atom. The normalized spacial score (nSPS) is 12.5. The standard InChI is InChI=1S/C17H18ClFO/c1-11(2)20-14-7-5-13(6-8-14)17(18)15-9-4-12(3)10-16(15)19/h4-11,17H,1-3H3. The summed E-state index contributed by atoms with van der Waals surface area (Å²) in [6.45, 7) is 5.80. The number of hydrogen-bond donors (Lipinski definition) is 0. The molecular weight excluding hydrogens is 275 g/mol. The minimum Gasteiger partial charge on any atom is -0.491 e. The van der Waals surface area contributed by atoms with E-state index in [2.05, 4.69) is 0 Å². The molecule has 0 saturated carbocycles. The zero-order valence-corrected chi connectivity index (χ0v) is 12.6. The molecule has 1 unspecified atom stereocenters.